The number of aromatic nitrogens is 1. The molecule has 9 heteroatoms. The predicted octanol–water partition coefficient (Wildman–Crippen LogP) is 4.65. The maximum atomic E-state index is 12.7. The Balaban J connectivity index is 1.34. The number of amides is 2. The molecule has 0 atom stereocenters. The van der Waals surface area contributed by atoms with Crippen molar-refractivity contribution in [3.8, 4) is 0 Å². The van der Waals surface area contributed by atoms with E-state index in [2.05, 4.69) is 10.3 Å². The molecule has 2 amide bonds. The van der Waals surface area contributed by atoms with Gasteiger partial charge in [0, 0.05) is 37.2 Å². The molecule has 0 aliphatic carbocycles. The standard InChI is InChI=1S/C22H20F3N3O3/c1-13-26-18-12-17(6-7-19(18)31-13)27-20(29)14-8-10-28(11-9-14)21(30)15-2-4-16(5-3-15)22(23,24)25/h2-7,12,14H,8-11H2,1H3,(H,27,29). The first kappa shape index (κ1) is 20.9. The molecule has 1 N–H and O–H groups in total. The second-order valence-electron chi connectivity index (χ2n) is 7.55. The zero-order valence-electron chi connectivity index (χ0n) is 16.7. The number of piperidine rings is 1. The fourth-order valence-corrected chi connectivity index (χ4v) is 3.69. The van der Waals surface area contributed by atoms with E-state index in [1.165, 1.54) is 12.1 Å². The zero-order chi connectivity index (χ0) is 22.2. The van der Waals surface area contributed by atoms with E-state index in [0.717, 1.165) is 12.1 Å². The quantitative estimate of drug-likeness (QED) is 0.655. The summed E-state index contributed by atoms with van der Waals surface area (Å²) in [6, 6.07) is 9.41. The minimum Gasteiger partial charge on any atom is -0.441 e. The largest absolute Gasteiger partial charge is 0.441 e. The number of carbonyl (C=O) groups excluding carboxylic acids is 2. The molecule has 31 heavy (non-hydrogen) atoms. The van der Waals surface area contributed by atoms with Crippen LogP contribution in [-0.4, -0.2) is 34.8 Å². The van der Waals surface area contributed by atoms with E-state index in [-0.39, 0.29) is 23.3 Å². The molecule has 6 nitrogen and oxygen atoms in total. The maximum Gasteiger partial charge on any atom is 0.416 e. The highest BCUT2D eigenvalue weighted by Crippen LogP contribution is 2.29. The second-order valence-corrected chi connectivity index (χ2v) is 7.55. The van der Waals surface area contributed by atoms with Crippen molar-refractivity contribution in [2.45, 2.75) is 25.9 Å². The molecule has 3 aromatic rings. The lowest BCUT2D eigenvalue weighted by atomic mass is 9.95. The van der Waals surface area contributed by atoms with Crippen molar-refractivity contribution in [1.82, 2.24) is 9.88 Å². The molecule has 1 aromatic heterocycles. The summed E-state index contributed by atoms with van der Waals surface area (Å²) in [4.78, 5) is 31.0. The molecule has 2 heterocycles. The van der Waals surface area contributed by atoms with E-state index in [1.807, 2.05) is 0 Å². The fraction of sp³-hybridized carbons (Fsp3) is 0.318. The van der Waals surface area contributed by atoms with Gasteiger partial charge < -0.3 is 14.6 Å². The lowest BCUT2D eigenvalue weighted by Crippen LogP contribution is -2.41. The molecule has 1 aliphatic heterocycles. The number of hydrogen-bond donors (Lipinski definition) is 1. The average molecular weight is 431 g/mol. The van der Waals surface area contributed by atoms with Crippen LogP contribution in [0, 0.1) is 12.8 Å². The number of alkyl halides is 3. The number of rotatable bonds is 3. The van der Waals surface area contributed by atoms with E-state index in [9.17, 15) is 22.8 Å². The number of oxazole rings is 1. The van der Waals surface area contributed by atoms with Gasteiger partial charge in [0.15, 0.2) is 11.5 Å². The van der Waals surface area contributed by atoms with Crippen LogP contribution in [0.3, 0.4) is 0 Å². The van der Waals surface area contributed by atoms with Crippen molar-refractivity contribution >= 4 is 28.6 Å². The molecule has 162 valence electrons. The van der Waals surface area contributed by atoms with Crippen LogP contribution < -0.4 is 5.32 Å². The van der Waals surface area contributed by atoms with Gasteiger partial charge in [-0.1, -0.05) is 0 Å². The normalized spacial score (nSPS) is 15.3. The summed E-state index contributed by atoms with van der Waals surface area (Å²) in [5.74, 6) is -0.185. The summed E-state index contributed by atoms with van der Waals surface area (Å²) in [5, 5.41) is 2.88. The monoisotopic (exact) mass is 431 g/mol. The van der Waals surface area contributed by atoms with E-state index in [1.54, 1.807) is 30.0 Å². The molecule has 2 aromatic carbocycles. The third-order valence-corrected chi connectivity index (χ3v) is 5.37. The third kappa shape index (κ3) is 4.55. The number of aryl methyl sites for hydroxylation is 1. The molecule has 0 saturated carbocycles. The van der Waals surface area contributed by atoms with Crippen LogP contribution in [0.2, 0.25) is 0 Å². The van der Waals surface area contributed by atoms with Crippen LogP contribution in [0.1, 0.15) is 34.7 Å². The van der Waals surface area contributed by atoms with Crippen molar-refractivity contribution in [2.75, 3.05) is 18.4 Å². The topological polar surface area (TPSA) is 75.4 Å². The number of carbonyl (C=O) groups is 2. The number of anilines is 1. The van der Waals surface area contributed by atoms with Crippen LogP contribution in [0.4, 0.5) is 18.9 Å². The first-order valence-corrected chi connectivity index (χ1v) is 9.85. The average Bonchev–Trinajstić information content (AvgIpc) is 3.12. The Kier molecular flexibility index (Phi) is 5.43. The van der Waals surface area contributed by atoms with E-state index in [0.29, 0.717) is 48.6 Å². The van der Waals surface area contributed by atoms with Gasteiger partial charge in [-0.3, -0.25) is 9.59 Å². The van der Waals surface area contributed by atoms with Crippen LogP contribution in [-0.2, 0) is 11.0 Å². The highest BCUT2D eigenvalue weighted by Gasteiger charge is 2.31. The second kappa shape index (κ2) is 8.05. The van der Waals surface area contributed by atoms with Crippen molar-refractivity contribution in [3.63, 3.8) is 0 Å². The van der Waals surface area contributed by atoms with Gasteiger partial charge in [0.1, 0.15) is 5.52 Å². The maximum absolute atomic E-state index is 12.7. The number of likely N-dealkylation sites (tertiary alicyclic amines) is 1. The van der Waals surface area contributed by atoms with Gasteiger partial charge in [-0.05, 0) is 55.3 Å². The van der Waals surface area contributed by atoms with Gasteiger partial charge in [0.25, 0.3) is 5.91 Å². The van der Waals surface area contributed by atoms with Gasteiger partial charge in [-0.15, -0.1) is 0 Å². The van der Waals surface area contributed by atoms with Gasteiger partial charge in [-0.25, -0.2) is 4.98 Å². The van der Waals surface area contributed by atoms with Gasteiger partial charge in [0.2, 0.25) is 5.91 Å². The summed E-state index contributed by atoms with van der Waals surface area (Å²) >= 11 is 0. The zero-order valence-corrected chi connectivity index (χ0v) is 16.7. The van der Waals surface area contributed by atoms with Crippen LogP contribution in [0.5, 0.6) is 0 Å². The number of benzene rings is 2. The summed E-state index contributed by atoms with van der Waals surface area (Å²) < 4.78 is 43.5. The van der Waals surface area contributed by atoms with Crippen molar-refractivity contribution in [2.24, 2.45) is 5.92 Å². The first-order valence-electron chi connectivity index (χ1n) is 9.85. The molecule has 0 radical (unpaired) electrons. The summed E-state index contributed by atoms with van der Waals surface area (Å²) in [6.45, 7) is 2.47. The number of halogens is 3. The highest BCUT2D eigenvalue weighted by atomic mass is 19.4. The Morgan fingerprint density at radius 2 is 1.77 bits per heavy atom. The van der Waals surface area contributed by atoms with Gasteiger partial charge in [-0.2, -0.15) is 13.2 Å². The highest BCUT2D eigenvalue weighted by molar-refractivity contribution is 5.96. The predicted molar refractivity (Wildman–Crippen MR) is 107 cm³/mol. The Morgan fingerprint density at radius 1 is 1.10 bits per heavy atom. The molecule has 4 rings (SSSR count). The molecule has 0 bridgehead atoms. The molecule has 0 spiro atoms. The molecule has 1 aliphatic rings. The minimum atomic E-state index is -4.44. The van der Waals surface area contributed by atoms with Gasteiger partial charge in [0.05, 0.1) is 5.56 Å². The lowest BCUT2D eigenvalue weighted by Gasteiger charge is -2.31. The van der Waals surface area contributed by atoms with Crippen LogP contribution in [0.25, 0.3) is 11.1 Å². The third-order valence-electron chi connectivity index (χ3n) is 5.37. The molecular weight excluding hydrogens is 411 g/mol. The minimum absolute atomic E-state index is 0.138. The van der Waals surface area contributed by atoms with Crippen molar-refractivity contribution in [1.29, 1.82) is 0 Å². The molecular formula is C22H20F3N3O3. The Morgan fingerprint density at radius 3 is 2.42 bits per heavy atom. The molecule has 1 fully saturated rings. The van der Waals surface area contributed by atoms with E-state index >= 15 is 0 Å². The summed E-state index contributed by atoms with van der Waals surface area (Å²) in [6.07, 6.45) is -3.49. The Labute approximate surface area is 176 Å². The fourth-order valence-electron chi connectivity index (χ4n) is 3.69. The van der Waals surface area contributed by atoms with E-state index in [4.69, 9.17) is 4.42 Å². The Bertz CT molecular complexity index is 1110. The summed E-state index contributed by atoms with van der Waals surface area (Å²) in [7, 11) is 0. The number of nitrogens with one attached hydrogen (secondary N) is 1. The van der Waals surface area contributed by atoms with Crippen LogP contribution in [0.15, 0.2) is 46.9 Å². The molecule has 1 saturated heterocycles. The van der Waals surface area contributed by atoms with Gasteiger partial charge >= 0.3 is 6.18 Å². The number of nitrogens with zero attached hydrogens (tertiary/aromatic N) is 2. The molecule has 0 unspecified atom stereocenters. The SMILES string of the molecule is Cc1nc2cc(NC(=O)C3CCN(C(=O)c4ccc(C(F)(F)F)cc4)CC3)ccc2o1. The van der Waals surface area contributed by atoms with Crippen molar-refractivity contribution < 1.29 is 27.2 Å². The van der Waals surface area contributed by atoms with Crippen molar-refractivity contribution in [3.05, 3.63) is 59.5 Å². The first-order chi connectivity index (χ1) is 14.7. The lowest BCUT2D eigenvalue weighted by molar-refractivity contribution is -0.137. The van der Waals surface area contributed by atoms with E-state index < -0.39 is 11.7 Å². The smallest absolute Gasteiger partial charge is 0.416 e. The number of hydrogen-bond acceptors (Lipinski definition) is 4. The summed E-state index contributed by atoms with van der Waals surface area (Å²) in [5.41, 5.74) is 1.33. The Hall–Kier alpha value is -3.36. The van der Waals surface area contributed by atoms with Crippen LogP contribution >= 0.6 is 0 Å². The number of fused-ring (bicyclic) bond motifs is 1.